The molecule has 1 aromatic carbocycles. The van der Waals surface area contributed by atoms with Gasteiger partial charge in [-0.1, -0.05) is 23.6 Å². The molecule has 2 nitrogen and oxygen atoms in total. The van der Waals surface area contributed by atoms with Crippen molar-refractivity contribution in [1.29, 1.82) is 0 Å². The summed E-state index contributed by atoms with van der Waals surface area (Å²) in [7, 11) is 0. The third kappa shape index (κ3) is 3.65. The molecule has 0 aliphatic carbocycles. The first-order valence-electron chi connectivity index (χ1n) is 4.58. The molecule has 0 aromatic heterocycles. The lowest BCUT2D eigenvalue weighted by atomic mass is 10.1. The van der Waals surface area contributed by atoms with Crippen LogP contribution in [0.2, 0.25) is 5.02 Å². The van der Waals surface area contributed by atoms with Crippen molar-refractivity contribution in [2.45, 2.75) is 13.8 Å². The molecule has 0 N–H and O–H groups in total. The number of rotatable bonds is 1. The molecule has 0 aliphatic rings. The maximum absolute atomic E-state index is 10.9. The normalized spacial score (nSPS) is 9.00. The minimum absolute atomic E-state index is 0.335. The van der Waals surface area contributed by atoms with Crippen molar-refractivity contribution in [3.63, 3.8) is 0 Å². The van der Waals surface area contributed by atoms with Gasteiger partial charge in [0.15, 0.2) is 0 Å². The maximum atomic E-state index is 10.9. The van der Waals surface area contributed by atoms with E-state index in [2.05, 4.69) is 16.6 Å². The number of benzene rings is 1. The monoisotopic (exact) mass is 222 g/mol. The molecule has 0 saturated carbocycles. The quantitative estimate of drug-likeness (QED) is 0.539. The van der Waals surface area contributed by atoms with Gasteiger partial charge in [-0.3, -0.25) is 0 Å². The summed E-state index contributed by atoms with van der Waals surface area (Å²) in [5.41, 5.74) is 1.69. The van der Waals surface area contributed by atoms with E-state index in [1.54, 1.807) is 13.0 Å². The second kappa shape index (κ2) is 5.43. The topological polar surface area (TPSA) is 26.3 Å². The summed E-state index contributed by atoms with van der Waals surface area (Å²) in [5.74, 6) is 4.55. The molecule has 0 amide bonds. The molecular weight excluding hydrogens is 212 g/mol. The van der Waals surface area contributed by atoms with Gasteiger partial charge in [-0.05, 0) is 31.5 Å². The van der Waals surface area contributed by atoms with Crippen molar-refractivity contribution in [3.05, 3.63) is 34.3 Å². The van der Waals surface area contributed by atoms with Crippen LogP contribution in [-0.2, 0) is 9.53 Å². The zero-order valence-corrected chi connectivity index (χ0v) is 9.39. The van der Waals surface area contributed by atoms with Gasteiger partial charge in [0.1, 0.15) is 0 Å². The van der Waals surface area contributed by atoms with Crippen molar-refractivity contribution in [3.8, 4) is 11.8 Å². The molecule has 0 saturated heterocycles. The lowest BCUT2D eigenvalue weighted by Gasteiger charge is -1.96. The van der Waals surface area contributed by atoms with Crippen LogP contribution >= 0.6 is 11.6 Å². The first kappa shape index (κ1) is 11.6. The van der Waals surface area contributed by atoms with Crippen LogP contribution in [0.15, 0.2) is 18.2 Å². The fraction of sp³-hybridized carbons (Fsp3) is 0.250. The minimum atomic E-state index is -0.519. The molecular formula is C12H11ClO2. The summed E-state index contributed by atoms with van der Waals surface area (Å²) in [6.45, 7) is 3.98. The predicted molar refractivity (Wildman–Crippen MR) is 59.7 cm³/mol. The van der Waals surface area contributed by atoms with Crippen molar-refractivity contribution in [1.82, 2.24) is 0 Å². The number of esters is 1. The van der Waals surface area contributed by atoms with Gasteiger partial charge in [-0.15, -0.1) is 0 Å². The Morgan fingerprint density at radius 1 is 1.53 bits per heavy atom. The Balaban J connectivity index is 2.80. The van der Waals surface area contributed by atoms with E-state index in [9.17, 15) is 4.79 Å². The molecule has 0 atom stereocenters. The molecule has 0 heterocycles. The van der Waals surface area contributed by atoms with Crippen LogP contribution in [0.5, 0.6) is 0 Å². The van der Waals surface area contributed by atoms with Crippen molar-refractivity contribution < 1.29 is 9.53 Å². The van der Waals surface area contributed by atoms with Crippen molar-refractivity contribution >= 4 is 17.6 Å². The Bertz CT molecular complexity index is 427. The van der Waals surface area contributed by atoms with E-state index >= 15 is 0 Å². The fourth-order valence-corrected chi connectivity index (χ4v) is 1.14. The van der Waals surface area contributed by atoms with Crippen LogP contribution < -0.4 is 0 Å². The molecule has 1 rings (SSSR count). The van der Waals surface area contributed by atoms with E-state index in [-0.39, 0.29) is 0 Å². The van der Waals surface area contributed by atoms with E-state index in [4.69, 9.17) is 11.6 Å². The number of hydrogen-bond acceptors (Lipinski definition) is 2. The number of hydrogen-bond donors (Lipinski definition) is 0. The van der Waals surface area contributed by atoms with Gasteiger partial charge in [0.05, 0.1) is 6.61 Å². The third-order valence-corrected chi connectivity index (χ3v) is 2.16. The Morgan fingerprint density at radius 2 is 2.27 bits per heavy atom. The highest BCUT2D eigenvalue weighted by Gasteiger charge is 1.96. The molecule has 0 bridgehead atoms. The first-order valence-corrected chi connectivity index (χ1v) is 4.96. The predicted octanol–water partition coefficient (Wildman–Crippen LogP) is 2.56. The van der Waals surface area contributed by atoms with E-state index in [1.165, 1.54) is 0 Å². The highest BCUT2D eigenvalue weighted by atomic mass is 35.5. The Morgan fingerprint density at radius 3 is 2.87 bits per heavy atom. The van der Waals surface area contributed by atoms with Crippen LogP contribution in [0.25, 0.3) is 0 Å². The van der Waals surface area contributed by atoms with Crippen molar-refractivity contribution in [2.24, 2.45) is 0 Å². The lowest BCUT2D eigenvalue weighted by Crippen LogP contribution is -1.99. The fourth-order valence-electron chi connectivity index (χ4n) is 0.961. The number of halogens is 1. The van der Waals surface area contributed by atoms with Crippen LogP contribution in [0, 0.1) is 18.8 Å². The number of carbonyl (C=O) groups is 1. The maximum Gasteiger partial charge on any atom is 0.384 e. The van der Waals surface area contributed by atoms with Gasteiger partial charge in [-0.25, -0.2) is 4.79 Å². The average Bonchev–Trinajstić information content (AvgIpc) is 2.20. The number of ether oxygens (including phenoxy) is 1. The largest absolute Gasteiger partial charge is 0.456 e. The summed E-state index contributed by atoms with van der Waals surface area (Å²) in [4.78, 5) is 10.9. The number of carbonyl (C=O) groups excluding carboxylic acids is 1. The van der Waals surface area contributed by atoms with E-state index in [0.29, 0.717) is 17.2 Å². The van der Waals surface area contributed by atoms with Gasteiger partial charge in [-0.2, -0.15) is 0 Å². The summed E-state index contributed by atoms with van der Waals surface area (Å²) in [5, 5.41) is 0.644. The molecule has 0 unspecified atom stereocenters. The zero-order valence-electron chi connectivity index (χ0n) is 8.63. The van der Waals surface area contributed by atoms with Gasteiger partial charge < -0.3 is 4.74 Å². The van der Waals surface area contributed by atoms with Gasteiger partial charge in [0, 0.05) is 16.5 Å². The zero-order chi connectivity index (χ0) is 11.3. The van der Waals surface area contributed by atoms with Crippen LogP contribution in [-0.4, -0.2) is 12.6 Å². The molecule has 1 aromatic rings. The molecule has 0 spiro atoms. The van der Waals surface area contributed by atoms with E-state index in [1.807, 2.05) is 19.1 Å². The van der Waals surface area contributed by atoms with Crippen LogP contribution in [0.4, 0.5) is 0 Å². The summed E-state index contributed by atoms with van der Waals surface area (Å²) >= 11 is 5.91. The summed E-state index contributed by atoms with van der Waals surface area (Å²) in [6.07, 6.45) is 0. The van der Waals surface area contributed by atoms with Crippen LogP contribution in [0.1, 0.15) is 18.1 Å². The minimum Gasteiger partial charge on any atom is -0.456 e. The standard InChI is InChI=1S/C12H11ClO2/c1-3-15-12(14)7-6-10-5-4-9(2)11(13)8-10/h4-5,8H,3H2,1-2H3. The van der Waals surface area contributed by atoms with Crippen LogP contribution in [0.3, 0.4) is 0 Å². The Kier molecular flexibility index (Phi) is 4.20. The van der Waals surface area contributed by atoms with E-state index < -0.39 is 5.97 Å². The summed E-state index contributed by atoms with van der Waals surface area (Å²) in [6, 6.07) is 5.40. The molecule has 0 radical (unpaired) electrons. The smallest absolute Gasteiger partial charge is 0.384 e. The molecule has 0 fully saturated rings. The average molecular weight is 223 g/mol. The highest BCUT2D eigenvalue weighted by molar-refractivity contribution is 6.31. The molecule has 0 aliphatic heterocycles. The molecule has 78 valence electrons. The summed E-state index contributed by atoms with van der Waals surface area (Å²) < 4.78 is 4.67. The first-order chi connectivity index (χ1) is 7.13. The third-order valence-electron chi connectivity index (χ3n) is 1.76. The van der Waals surface area contributed by atoms with Gasteiger partial charge in [0.25, 0.3) is 0 Å². The number of aryl methyl sites for hydroxylation is 1. The molecule has 15 heavy (non-hydrogen) atoms. The van der Waals surface area contributed by atoms with Gasteiger partial charge >= 0.3 is 5.97 Å². The van der Waals surface area contributed by atoms with E-state index in [0.717, 1.165) is 5.56 Å². The highest BCUT2D eigenvalue weighted by Crippen LogP contribution is 2.15. The molecule has 3 heteroatoms. The second-order valence-electron chi connectivity index (χ2n) is 2.93. The Labute approximate surface area is 94.2 Å². The van der Waals surface area contributed by atoms with Crippen molar-refractivity contribution in [2.75, 3.05) is 6.61 Å². The van der Waals surface area contributed by atoms with Gasteiger partial charge in [0.2, 0.25) is 0 Å². The SMILES string of the molecule is CCOC(=O)C#Cc1ccc(C)c(Cl)c1. The second-order valence-corrected chi connectivity index (χ2v) is 3.34. The lowest BCUT2D eigenvalue weighted by molar-refractivity contribution is -0.136. The Hall–Kier alpha value is -1.46.